The third-order valence-corrected chi connectivity index (χ3v) is 4.79. The summed E-state index contributed by atoms with van der Waals surface area (Å²) < 4.78 is 4.97. The van der Waals surface area contributed by atoms with Gasteiger partial charge in [0.15, 0.2) is 0 Å². The average Bonchev–Trinajstić information content (AvgIpc) is 3.25. The Morgan fingerprint density at radius 1 is 1.12 bits per heavy atom. The van der Waals surface area contributed by atoms with Crippen LogP contribution in [0, 0.1) is 0 Å². The van der Waals surface area contributed by atoms with Crippen LogP contribution in [0.5, 0.6) is 0 Å². The standard InChI is InChI=1S/C21H23N3O2/c25-21-24-18(14-26-21)10-16-6-7-20-19(11-16)17(13-23-20)8-9-22-12-15-4-2-1-3-5-15/h1-7,11,13,18,22-23H,8-10,12,14H2,(H,24,25)/t18-/m0/s1. The van der Waals surface area contributed by atoms with Gasteiger partial charge < -0.3 is 20.4 Å². The van der Waals surface area contributed by atoms with Crippen molar-refractivity contribution in [2.24, 2.45) is 0 Å². The van der Waals surface area contributed by atoms with E-state index < -0.39 is 0 Å². The van der Waals surface area contributed by atoms with E-state index in [2.05, 4.69) is 64.3 Å². The summed E-state index contributed by atoms with van der Waals surface area (Å²) in [7, 11) is 0. The minimum atomic E-state index is -0.317. The molecular formula is C21H23N3O2. The Balaban J connectivity index is 1.37. The molecule has 0 aliphatic carbocycles. The number of carbonyl (C=O) groups excluding carboxylic acids is 1. The second-order valence-electron chi connectivity index (χ2n) is 6.75. The van der Waals surface area contributed by atoms with Crippen LogP contribution < -0.4 is 10.6 Å². The fraction of sp³-hybridized carbons (Fsp3) is 0.286. The van der Waals surface area contributed by atoms with Crippen molar-refractivity contribution in [2.75, 3.05) is 13.2 Å². The van der Waals surface area contributed by atoms with Crippen molar-refractivity contribution in [3.05, 3.63) is 71.4 Å². The second-order valence-corrected chi connectivity index (χ2v) is 6.75. The number of ether oxygens (including phenoxy) is 1. The van der Waals surface area contributed by atoms with Crippen LogP contribution in [0.2, 0.25) is 0 Å². The maximum atomic E-state index is 11.2. The van der Waals surface area contributed by atoms with Gasteiger partial charge in [-0.1, -0.05) is 36.4 Å². The topological polar surface area (TPSA) is 66.2 Å². The molecule has 1 amide bonds. The molecule has 5 heteroatoms. The zero-order chi connectivity index (χ0) is 17.8. The van der Waals surface area contributed by atoms with Crippen molar-refractivity contribution in [1.29, 1.82) is 0 Å². The first kappa shape index (κ1) is 16.7. The lowest BCUT2D eigenvalue weighted by Crippen LogP contribution is -2.28. The van der Waals surface area contributed by atoms with Gasteiger partial charge in [0.1, 0.15) is 6.61 Å². The molecule has 0 bridgehead atoms. The first-order valence-electron chi connectivity index (χ1n) is 9.05. The van der Waals surface area contributed by atoms with Gasteiger partial charge in [0, 0.05) is 23.6 Å². The second kappa shape index (κ2) is 7.62. The number of rotatable bonds is 7. The van der Waals surface area contributed by atoms with Gasteiger partial charge in [0.05, 0.1) is 6.04 Å². The third-order valence-electron chi connectivity index (χ3n) is 4.79. The van der Waals surface area contributed by atoms with Gasteiger partial charge in [0.25, 0.3) is 0 Å². The van der Waals surface area contributed by atoms with E-state index in [1.165, 1.54) is 22.1 Å². The van der Waals surface area contributed by atoms with Gasteiger partial charge in [-0.3, -0.25) is 0 Å². The summed E-state index contributed by atoms with van der Waals surface area (Å²) in [5, 5.41) is 7.60. The summed E-state index contributed by atoms with van der Waals surface area (Å²) in [5.74, 6) is 0. The maximum Gasteiger partial charge on any atom is 0.407 e. The number of alkyl carbamates (subject to hydrolysis) is 1. The summed E-state index contributed by atoms with van der Waals surface area (Å²) in [5.41, 5.74) is 4.98. The van der Waals surface area contributed by atoms with Gasteiger partial charge in [0.2, 0.25) is 0 Å². The fourth-order valence-electron chi connectivity index (χ4n) is 3.43. The van der Waals surface area contributed by atoms with Gasteiger partial charge in [-0.05, 0) is 48.2 Å². The number of aromatic nitrogens is 1. The molecule has 26 heavy (non-hydrogen) atoms. The molecule has 2 heterocycles. The molecule has 1 fully saturated rings. The van der Waals surface area contributed by atoms with Crippen LogP contribution in [-0.4, -0.2) is 30.3 Å². The molecule has 2 aromatic carbocycles. The lowest BCUT2D eigenvalue weighted by molar-refractivity contribution is 0.177. The highest BCUT2D eigenvalue weighted by Crippen LogP contribution is 2.21. The molecule has 1 saturated heterocycles. The van der Waals surface area contributed by atoms with Gasteiger partial charge in [-0.2, -0.15) is 0 Å². The molecule has 4 rings (SSSR count). The van der Waals surface area contributed by atoms with E-state index in [4.69, 9.17) is 4.74 Å². The van der Waals surface area contributed by atoms with Gasteiger partial charge in [-0.25, -0.2) is 4.79 Å². The number of amides is 1. The van der Waals surface area contributed by atoms with E-state index in [-0.39, 0.29) is 12.1 Å². The zero-order valence-electron chi connectivity index (χ0n) is 14.6. The fourth-order valence-corrected chi connectivity index (χ4v) is 3.43. The molecule has 1 aromatic heterocycles. The van der Waals surface area contributed by atoms with E-state index >= 15 is 0 Å². The molecule has 1 aliphatic rings. The molecule has 0 unspecified atom stereocenters. The van der Waals surface area contributed by atoms with E-state index in [1.807, 2.05) is 6.07 Å². The van der Waals surface area contributed by atoms with Crippen LogP contribution in [0.4, 0.5) is 4.79 Å². The molecule has 0 spiro atoms. The number of aromatic amines is 1. The molecule has 3 aromatic rings. The highest BCUT2D eigenvalue weighted by atomic mass is 16.6. The van der Waals surface area contributed by atoms with Gasteiger partial charge >= 0.3 is 6.09 Å². The van der Waals surface area contributed by atoms with Crippen molar-refractivity contribution >= 4 is 17.0 Å². The van der Waals surface area contributed by atoms with E-state index in [0.29, 0.717) is 6.61 Å². The normalized spacial score (nSPS) is 16.6. The zero-order valence-corrected chi connectivity index (χ0v) is 14.6. The number of fused-ring (bicyclic) bond motifs is 1. The van der Waals surface area contributed by atoms with Crippen LogP contribution >= 0.6 is 0 Å². The largest absolute Gasteiger partial charge is 0.447 e. The number of hydrogen-bond donors (Lipinski definition) is 3. The third kappa shape index (κ3) is 3.89. The Labute approximate surface area is 152 Å². The van der Waals surface area contributed by atoms with Gasteiger partial charge in [-0.15, -0.1) is 0 Å². The molecule has 5 nitrogen and oxygen atoms in total. The number of hydrogen-bond acceptors (Lipinski definition) is 3. The number of carbonyl (C=O) groups is 1. The summed E-state index contributed by atoms with van der Waals surface area (Å²) >= 11 is 0. The first-order valence-corrected chi connectivity index (χ1v) is 9.05. The molecule has 0 radical (unpaired) electrons. The summed E-state index contributed by atoms with van der Waals surface area (Å²) in [6.45, 7) is 2.26. The van der Waals surface area contributed by atoms with Crippen LogP contribution in [0.1, 0.15) is 16.7 Å². The van der Waals surface area contributed by atoms with Crippen molar-refractivity contribution in [2.45, 2.75) is 25.4 Å². The Hall–Kier alpha value is -2.79. The smallest absolute Gasteiger partial charge is 0.407 e. The molecule has 1 atom stereocenters. The Morgan fingerprint density at radius 2 is 2.00 bits per heavy atom. The first-order chi connectivity index (χ1) is 12.8. The van der Waals surface area contributed by atoms with E-state index in [1.54, 1.807) is 0 Å². The van der Waals surface area contributed by atoms with E-state index in [9.17, 15) is 4.79 Å². The predicted octanol–water partition coefficient (Wildman–Crippen LogP) is 3.15. The monoisotopic (exact) mass is 349 g/mol. The minimum absolute atomic E-state index is 0.0647. The Morgan fingerprint density at radius 3 is 2.81 bits per heavy atom. The van der Waals surface area contributed by atoms with Crippen molar-refractivity contribution in [3.63, 3.8) is 0 Å². The number of H-pyrrole nitrogens is 1. The molecule has 1 aliphatic heterocycles. The Kier molecular flexibility index (Phi) is 4.88. The highest BCUT2D eigenvalue weighted by Gasteiger charge is 2.22. The van der Waals surface area contributed by atoms with Crippen LogP contribution in [0.15, 0.2) is 54.7 Å². The van der Waals surface area contributed by atoms with Crippen molar-refractivity contribution < 1.29 is 9.53 Å². The van der Waals surface area contributed by atoms with Crippen molar-refractivity contribution in [3.8, 4) is 0 Å². The Bertz CT molecular complexity index is 889. The predicted molar refractivity (Wildman–Crippen MR) is 102 cm³/mol. The van der Waals surface area contributed by atoms with Crippen molar-refractivity contribution in [1.82, 2.24) is 15.6 Å². The SMILES string of the molecule is O=C1N[C@@H](Cc2ccc3[nH]cc(CCNCc4ccccc4)c3c2)CO1. The maximum absolute atomic E-state index is 11.2. The summed E-state index contributed by atoms with van der Waals surface area (Å²) in [6.07, 6.45) is 3.54. The average molecular weight is 349 g/mol. The molecule has 134 valence electrons. The molecule has 3 N–H and O–H groups in total. The quantitative estimate of drug-likeness (QED) is 0.574. The lowest BCUT2D eigenvalue weighted by Gasteiger charge is -2.08. The summed E-state index contributed by atoms with van der Waals surface area (Å²) in [6, 6.07) is 17.0. The van der Waals surface area contributed by atoms with Crippen LogP contribution in [-0.2, 0) is 24.1 Å². The van der Waals surface area contributed by atoms with Crippen LogP contribution in [0.3, 0.4) is 0 Å². The molecular weight excluding hydrogens is 326 g/mol. The van der Waals surface area contributed by atoms with Crippen LogP contribution in [0.25, 0.3) is 10.9 Å². The molecule has 0 saturated carbocycles. The minimum Gasteiger partial charge on any atom is -0.447 e. The highest BCUT2D eigenvalue weighted by molar-refractivity contribution is 5.84. The lowest BCUT2D eigenvalue weighted by atomic mass is 10.0. The number of cyclic esters (lactones) is 1. The number of nitrogens with one attached hydrogen (secondary N) is 3. The summed E-state index contributed by atoms with van der Waals surface area (Å²) in [4.78, 5) is 14.5. The van der Waals surface area contributed by atoms with E-state index in [0.717, 1.165) is 31.4 Å². The number of benzene rings is 2.